The Morgan fingerprint density at radius 3 is 2.77 bits per heavy atom. The highest BCUT2D eigenvalue weighted by molar-refractivity contribution is 7.13. The monoisotopic (exact) mass is 309 g/mol. The molecule has 2 aromatic heterocycles. The molecule has 3 nitrogen and oxygen atoms in total. The minimum Gasteiger partial charge on any atom is -0.354 e. The summed E-state index contributed by atoms with van der Waals surface area (Å²) < 4.78 is 0. The van der Waals surface area contributed by atoms with Gasteiger partial charge in [-0.1, -0.05) is 29.8 Å². The largest absolute Gasteiger partial charge is 0.354 e. The lowest BCUT2D eigenvalue weighted by molar-refractivity contribution is 0.586. The number of anilines is 1. The lowest BCUT2D eigenvalue weighted by Gasteiger charge is -2.29. The van der Waals surface area contributed by atoms with Crippen LogP contribution in [0.1, 0.15) is 5.56 Å². The number of fused-ring (bicyclic) bond motifs is 1. The van der Waals surface area contributed by atoms with E-state index in [9.17, 15) is 0 Å². The Labute approximate surface area is 134 Å². The first-order chi connectivity index (χ1) is 10.8. The second-order valence-corrected chi connectivity index (χ2v) is 6.72. The van der Waals surface area contributed by atoms with Crippen molar-refractivity contribution in [2.45, 2.75) is 6.92 Å². The van der Waals surface area contributed by atoms with Gasteiger partial charge < -0.3 is 10.2 Å². The Balaban J connectivity index is 1.91. The summed E-state index contributed by atoms with van der Waals surface area (Å²) >= 11 is 1.75. The van der Waals surface area contributed by atoms with E-state index < -0.39 is 0 Å². The number of benzene rings is 1. The Bertz CT molecular complexity index is 789. The average molecular weight is 309 g/mol. The molecule has 0 spiro atoms. The highest BCUT2D eigenvalue weighted by atomic mass is 32.1. The average Bonchev–Trinajstić information content (AvgIpc) is 3.09. The lowest BCUT2D eigenvalue weighted by Crippen LogP contribution is -2.44. The Morgan fingerprint density at radius 2 is 2.00 bits per heavy atom. The molecule has 1 aliphatic rings. The van der Waals surface area contributed by atoms with Crippen LogP contribution in [0.4, 0.5) is 5.82 Å². The van der Waals surface area contributed by atoms with Crippen LogP contribution >= 0.6 is 11.3 Å². The van der Waals surface area contributed by atoms with E-state index in [-0.39, 0.29) is 0 Å². The van der Waals surface area contributed by atoms with Crippen molar-refractivity contribution >= 4 is 27.9 Å². The predicted molar refractivity (Wildman–Crippen MR) is 94.9 cm³/mol. The van der Waals surface area contributed by atoms with Crippen molar-refractivity contribution in [2.75, 3.05) is 31.1 Å². The number of rotatable bonds is 2. The SMILES string of the molecule is Cc1ccc2c(N3CCNCC3)nc(-c3cccs3)cc2c1. The van der Waals surface area contributed by atoms with E-state index in [1.54, 1.807) is 11.3 Å². The Morgan fingerprint density at radius 1 is 1.14 bits per heavy atom. The van der Waals surface area contributed by atoms with Gasteiger partial charge in [0, 0.05) is 31.6 Å². The first kappa shape index (κ1) is 13.7. The lowest BCUT2D eigenvalue weighted by atomic mass is 10.1. The quantitative estimate of drug-likeness (QED) is 0.782. The zero-order chi connectivity index (χ0) is 14.9. The molecule has 1 fully saturated rings. The number of piperazine rings is 1. The van der Waals surface area contributed by atoms with Crippen molar-refractivity contribution in [1.29, 1.82) is 0 Å². The van der Waals surface area contributed by atoms with Crippen LogP contribution in [0.2, 0.25) is 0 Å². The third-order valence-electron chi connectivity index (χ3n) is 4.16. The van der Waals surface area contributed by atoms with E-state index in [4.69, 9.17) is 4.98 Å². The molecule has 22 heavy (non-hydrogen) atoms. The van der Waals surface area contributed by atoms with Gasteiger partial charge >= 0.3 is 0 Å². The molecule has 0 atom stereocenters. The zero-order valence-corrected chi connectivity index (χ0v) is 13.5. The van der Waals surface area contributed by atoms with Gasteiger partial charge in [0.25, 0.3) is 0 Å². The van der Waals surface area contributed by atoms with E-state index in [1.165, 1.54) is 21.2 Å². The van der Waals surface area contributed by atoms with Gasteiger partial charge in [-0.3, -0.25) is 0 Å². The summed E-state index contributed by atoms with van der Waals surface area (Å²) in [6.07, 6.45) is 0. The van der Waals surface area contributed by atoms with Crippen molar-refractivity contribution < 1.29 is 0 Å². The van der Waals surface area contributed by atoms with E-state index in [0.29, 0.717) is 0 Å². The standard InChI is InChI=1S/C18H19N3S/c1-13-4-5-15-14(11-13)12-16(17-3-2-10-22-17)20-18(15)21-8-6-19-7-9-21/h2-5,10-12,19H,6-9H2,1H3. The van der Waals surface area contributed by atoms with Gasteiger partial charge in [-0.05, 0) is 29.8 Å². The van der Waals surface area contributed by atoms with E-state index >= 15 is 0 Å². The highest BCUT2D eigenvalue weighted by Crippen LogP contribution is 2.32. The summed E-state index contributed by atoms with van der Waals surface area (Å²) in [7, 11) is 0. The van der Waals surface area contributed by atoms with Gasteiger partial charge in [-0.25, -0.2) is 4.98 Å². The molecule has 1 aliphatic heterocycles. The number of aryl methyl sites for hydroxylation is 1. The summed E-state index contributed by atoms with van der Waals surface area (Å²) in [6, 6.07) is 13.1. The van der Waals surface area contributed by atoms with Crippen molar-refractivity contribution in [3.63, 3.8) is 0 Å². The fraction of sp³-hybridized carbons (Fsp3) is 0.278. The first-order valence-corrected chi connectivity index (χ1v) is 8.60. The molecule has 0 aliphatic carbocycles. The maximum absolute atomic E-state index is 5.01. The van der Waals surface area contributed by atoms with Crippen LogP contribution in [0.3, 0.4) is 0 Å². The molecule has 4 rings (SSSR count). The van der Waals surface area contributed by atoms with Gasteiger partial charge in [-0.2, -0.15) is 0 Å². The van der Waals surface area contributed by atoms with Crippen LogP contribution in [0.25, 0.3) is 21.3 Å². The Kier molecular flexibility index (Phi) is 3.56. The number of pyridine rings is 1. The van der Waals surface area contributed by atoms with Gasteiger partial charge in [0.2, 0.25) is 0 Å². The molecule has 3 heterocycles. The number of nitrogens with zero attached hydrogens (tertiary/aromatic N) is 2. The molecule has 3 aromatic rings. The molecule has 4 heteroatoms. The summed E-state index contributed by atoms with van der Waals surface area (Å²) in [5.74, 6) is 1.13. The topological polar surface area (TPSA) is 28.2 Å². The van der Waals surface area contributed by atoms with E-state index in [0.717, 1.165) is 37.7 Å². The van der Waals surface area contributed by atoms with Crippen molar-refractivity contribution in [3.05, 3.63) is 47.3 Å². The molecule has 0 radical (unpaired) electrons. The molecular formula is C18H19N3S. The molecule has 0 saturated carbocycles. The molecule has 0 unspecified atom stereocenters. The maximum Gasteiger partial charge on any atom is 0.137 e. The molecular weight excluding hydrogens is 290 g/mol. The third kappa shape index (κ3) is 2.49. The minimum atomic E-state index is 1.02. The minimum absolute atomic E-state index is 1.02. The first-order valence-electron chi connectivity index (χ1n) is 7.72. The number of hydrogen-bond donors (Lipinski definition) is 1. The normalized spacial score (nSPS) is 15.4. The van der Waals surface area contributed by atoms with Crippen molar-refractivity contribution in [2.24, 2.45) is 0 Å². The highest BCUT2D eigenvalue weighted by Gasteiger charge is 2.16. The molecule has 1 saturated heterocycles. The number of thiophene rings is 1. The molecule has 0 amide bonds. The Hall–Kier alpha value is -1.91. The van der Waals surface area contributed by atoms with E-state index in [1.807, 2.05) is 0 Å². The second kappa shape index (κ2) is 5.71. The smallest absolute Gasteiger partial charge is 0.137 e. The van der Waals surface area contributed by atoms with Crippen LogP contribution in [-0.2, 0) is 0 Å². The maximum atomic E-state index is 5.01. The summed E-state index contributed by atoms with van der Waals surface area (Å²) in [5, 5.41) is 8.07. The molecule has 112 valence electrons. The van der Waals surface area contributed by atoms with Crippen LogP contribution in [-0.4, -0.2) is 31.2 Å². The fourth-order valence-corrected chi connectivity index (χ4v) is 3.71. The van der Waals surface area contributed by atoms with Gasteiger partial charge in [0.15, 0.2) is 0 Å². The molecule has 0 bridgehead atoms. The zero-order valence-electron chi connectivity index (χ0n) is 12.7. The third-order valence-corrected chi connectivity index (χ3v) is 5.05. The number of hydrogen-bond acceptors (Lipinski definition) is 4. The summed E-state index contributed by atoms with van der Waals surface area (Å²) in [4.78, 5) is 8.65. The van der Waals surface area contributed by atoms with Crippen LogP contribution in [0.15, 0.2) is 41.8 Å². The summed E-state index contributed by atoms with van der Waals surface area (Å²) in [5.41, 5.74) is 2.38. The van der Waals surface area contributed by atoms with Crippen molar-refractivity contribution in [3.8, 4) is 10.6 Å². The number of nitrogens with one attached hydrogen (secondary N) is 1. The van der Waals surface area contributed by atoms with Crippen LogP contribution < -0.4 is 10.2 Å². The fourth-order valence-electron chi connectivity index (χ4n) is 3.03. The van der Waals surface area contributed by atoms with Gasteiger partial charge in [-0.15, -0.1) is 11.3 Å². The van der Waals surface area contributed by atoms with E-state index in [2.05, 4.69) is 58.9 Å². The van der Waals surface area contributed by atoms with Crippen LogP contribution in [0, 0.1) is 6.92 Å². The second-order valence-electron chi connectivity index (χ2n) is 5.77. The number of aromatic nitrogens is 1. The van der Waals surface area contributed by atoms with Crippen LogP contribution in [0.5, 0.6) is 0 Å². The van der Waals surface area contributed by atoms with Gasteiger partial charge in [0.05, 0.1) is 10.6 Å². The predicted octanol–water partition coefficient (Wildman–Crippen LogP) is 3.68. The molecule has 1 aromatic carbocycles. The molecule has 1 N–H and O–H groups in total. The summed E-state index contributed by atoms with van der Waals surface area (Å²) in [6.45, 7) is 6.24. The van der Waals surface area contributed by atoms with Crippen molar-refractivity contribution in [1.82, 2.24) is 10.3 Å². The van der Waals surface area contributed by atoms with Gasteiger partial charge in [0.1, 0.15) is 5.82 Å².